The highest BCUT2D eigenvalue weighted by atomic mass is 16.6. The molecule has 1 aromatic carbocycles. The number of rotatable bonds is 6. The first-order valence-electron chi connectivity index (χ1n) is 4.82. The Bertz CT molecular complexity index is 421. The van der Waals surface area contributed by atoms with Crippen LogP contribution in [0.1, 0.15) is 0 Å². The number of hydrogen-bond acceptors (Lipinski definition) is 5. The standard InChI is InChI=1S/C10H12N2O5/c1-11-7(10(13)14)6-17-9-5-3-2-4-8(9)12(15)16/h2-5,7,11H,6H2,1H3,(H,13,14). The van der Waals surface area contributed by atoms with Gasteiger partial charge in [-0.05, 0) is 13.1 Å². The first kappa shape index (κ1) is 12.9. The first-order chi connectivity index (χ1) is 8.06. The number of ether oxygens (including phenoxy) is 1. The number of benzene rings is 1. The minimum atomic E-state index is -1.08. The number of nitro benzene ring substituents is 1. The molecule has 2 N–H and O–H groups in total. The van der Waals surface area contributed by atoms with Gasteiger partial charge < -0.3 is 15.2 Å². The number of para-hydroxylation sites is 2. The minimum Gasteiger partial charge on any atom is -0.485 e. The molecule has 0 heterocycles. The third-order valence-electron chi connectivity index (χ3n) is 2.11. The van der Waals surface area contributed by atoms with E-state index in [0.29, 0.717) is 0 Å². The quantitative estimate of drug-likeness (QED) is 0.559. The van der Waals surface area contributed by atoms with Gasteiger partial charge in [-0.1, -0.05) is 12.1 Å². The Morgan fingerprint density at radius 2 is 2.24 bits per heavy atom. The zero-order chi connectivity index (χ0) is 12.8. The van der Waals surface area contributed by atoms with Crippen LogP contribution in [-0.2, 0) is 4.79 Å². The number of carboxylic acid groups (broad SMARTS) is 1. The molecule has 0 fully saturated rings. The van der Waals surface area contributed by atoms with Crippen molar-refractivity contribution in [1.29, 1.82) is 0 Å². The van der Waals surface area contributed by atoms with Crippen LogP contribution >= 0.6 is 0 Å². The first-order valence-corrected chi connectivity index (χ1v) is 4.82. The van der Waals surface area contributed by atoms with Crippen molar-refractivity contribution in [3.05, 3.63) is 34.4 Å². The summed E-state index contributed by atoms with van der Waals surface area (Å²) in [6.45, 7) is -0.184. The highest BCUT2D eigenvalue weighted by molar-refractivity contribution is 5.73. The van der Waals surface area contributed by atoms with Gasteiger partial charge in [-0.3, -0.25) is 14.9 Å². The summed E-state index contributed by atoms with van der Waals surface area (Å²) in [6.07, 6.45) is 0. The van der Waals surface area contributed by atoms with E-state index in [1.807, 2.05) is 0 Å². The van der Waals surface area contributed by atoms with Crippen molar-refractivity contribution < 1.29 is 19.6 Å². The smallest absolute Gasteiger partial charge is 0.324 e. The number of carbonyl (C=O) groups is 1. The van der Waals surface area contributed by atoms with Gasteiger partial charge in [0.25, 0.3) is 0 Å². The second kappa shape index (κ2) is 5.80. The van der Waals surface area contributed by atoms with Crippen LogP contribution < -0.4 is 10.1 Å². The monoisotopic (exact) mass is 240 g/mol. The van der Waals surface area contributed by atoms with Crippen molar-refractivity contribution in [3.8, 4) is 5.75 Å². The summed E-state index contributed by atoms with van der Waals surface area (Å²) in [6, 6.07) is 4.90. The number of likely N-dealkylation sites (N-methyl/N-ethyl adjacent to an activating group) is 1. The molecule has 1 aromatic rings. The third-order valence-corrected chi connectivity index (χ3v) is 2.11. The fourth-order valence-corrected chi connectivity index (χ4v) is 1.18. The van der Waals surface area contributed by atoms with E-state index in [2.05, 4.69) is 5.32 Å². The molecule has 0 spiro atoms. The average Bonchev–Trinajstić information content (AvgIpc) is 2.29. The van der Waals surface area contributed by atoms with Crippen molar-refractivity contribution in [2.75, 3.05) is 13.7 Å². The number of carboxylic acids is 1. The summed E-state index contributed by atoms with van der Waals surface area (Å²) >= 11 is 0. The Hall–Kier alpha value is -2.15. The van der Waals surface area contributed by atoms with Crippen LogP contribution in [0.4, 0.5) is 5.69 Å². The molecule has 7 nitrogen and oxygen atoms in total. The Morgan fingerprint density at radius 3 is 2.76 bits per heavy atom. The fourth-order valence-electron chi connectivity index (χ4n) is 1.18. The molecule has 0 saturated carbocycles. The van der Waals surface area contributed by atoms with Crippen molar-refractivity contribution in [2.45, 2.75) is 6.04 Å². The summed E-state index contributed by atoms with van der Waals surface area (Å²) in [7, 11) is 1.47. The van der Waals surface area contributed by atoms with E-state index in [1.54, 1.807) is 6.07 Å². The molecule has 0 aromatic heterocycles. The van der Waals surface area contributed by atoms with Gasteiger partial charge in [0, 0.05) is 6.07 Å². The van der Waals surface area contributed by atoms with E-state index in [9.17, 15) is 14.9 Å². The number of nitro groups is 1. The minimum absolute atomic E-state index is 0.0546. The Balaban J connectivity index is 2.75. The van der Waals surface area contributed by atoms with Crippen LogP contribution in [0.15, 0.2) is 24.3 Å². The van der Waals surface area contributed by atoms with Gasteiger partial charge in [-0.2, -0.15) is 0 Å². The molecule has 1 rings (SSSR count). The zero-order valence-electron chi connectivity index (χ0n) is 9.12. The Morgan fingerprint density at radius 1 is 1.59 bits per heavy atom. The summed E-state index contributed by atoms with van der Waals surface area (Å²) in [5.74, 6) is -1.02. The van der Waals surface area contributed by atoms with Crippen LogP contribution in [0.2, 0.25) is 0 Å². The lowest BCUT2D eigenvalue weighted by Gasteiger charge is -2.12. The van der Waals surface area contributed by atoms with Crippen molar-refractivity contribution in [2.24, 2.45) is 0 Å². The molecule has 0 aliphatic heterocycles. The lowest BCUT2D eigenvalue weighted by molar-refractivity contribution is -0.385. The van der Waals surface area contributed by atoms with Crippen molar-refractivity contribution >= 4 is 11.7 Å². The summed E-state index contributed by atoms with van der Waals surface area (Å²) in [4.78, 5) is 20.8. The van der Waals surface area contributed by atoms with Gasteiger partial charge in [0.2, 0.25) is 0 Å². The lowest BCUT2D eigenvalue weighted by Crippen LogP contribution is -2.39. The third kappa shape index (κ3) is 3.42. The van der Waals surface area contributed by atoms with Gasteiger partial charge in [0.05, 0.1) is 4.92 Å². The Kier molecular flexibility index (Phi) is 4.41. The summed E-state index contributed by atoms with van der Waals surface area (Å²) in [5, 5.41) is 21.9. The number of aliphatic carboxylic acids is 1. The zero-order valence-corrected chi connectivity index (χ0v) is 9.12. The van der Waals surface area contributed by atoms with E-state index in [1.165, 1.54) is 25.2 Å². The molecule has 1 unspecified atom stereocenters. The highest BCUT2D eigenvalue weighted by Gasteiger charge is 2.19. The normalized spacial score (nSPS) is 11.8. The maximum absolute atomic E-state index is 10.7. The van der Waals surface area contributed by atoms with E-state index < -0.39 is 16.9 Å². The number of hydrogen-bond donors (Lipinski definition) is 2. The van der Waals surface area contributed by atoms with Crippen LogP contribution in [-0.4, -0.2) is 35.7 Å². The molecule has 0 amide bonds. The SMILES string of the molecule is CNC(COc1ccccc1[N+](=O)[O-])C(=O)O. The average molecular weight is 240 g/mol. The second-order valence-electron chi connectivity index (χ2n) is 3.22. The van der Waals surface area contributed by atoms with Crippen LogP contribution in [0, 0.1) is 10.1 Å². The molecule has 0 aliphatic rings. The van der Waals surface area contributed by atoms with Gasteiger partial charge in [-0.25, -0.2) is 0 Å². The van der Waals surface area contributed by atoms with Gasteiger partial charge in [-0.15, -0.1) is 0 Å². The molecule has 0 saturated heterocycles. The highest BCUT2D eigenvalue weighted by Crippen LogP contribution is 2.25. The van der Waals surface area contributed by atoms with Crippen molar-refractivity contribution in [1.82, 2.24) is 5.32 Å². The van der Waals surface area contributed by atoms with Crippen LogP contribution in [0.3, 0.4) is 0 Å². The summed E-state index contributed by atoms with van der Waals surface area (Å²) in [5.41, 5.74) is -0.187. The molecular formula is C10H12N2O5. The molecule has 92 valence electrons. The number of nitrogens with one attached hydrogen (secondary N) is 1. The maximum atomic E-state index is 10.7. The van der Waals surface area contributed by atoms with E-state index >= 15 is 0 Å². The second-order valence-corrected chi connectivity index (χ2v) is 3.22. The van der Waals surface area contributed by atoms with Crippen LogP contribution in [0.25, 0.3) is 0 Å². The molecule has 0 radical (unpaired) electrons. The van der Waals surface area contributed by atoms with E-state index in [4.69, 9.17) is 9.84 Å². The van der Waals surface area contributed by atoms with Gasteiger partial charge >= 0.3 is 11.7 Å². The van der Waals surface area contributed by atoms with Gasteiger partial charge in [0.15, 0.2) is 5.75 Å². The molecule has 0 bridgehead atoms. The molecule has 1 atom stereocenters. The largest absolute Gasteiger partial charge is 0.485 e. The fraction of sp³-hybridized carbons (Fsp3) is 0.300. The topological polar surface area (TPSA) is 102 Å². The van der Waals surface area contributed by atoms with Crippen molar-refractivity contribution in [3.63, 3.8) is 0 Å². The summed E-state index contributed by atoms with van der Waals surface area (Å²) < 4.78 is 5.13. The predicted molar refractivity (Wildman–Crippen MR) is 59.1 cm³/mol. The molecule has 7 heteroatoms. The maximum Gasteiger partial charge on any atom is 0.324 e. The van der Waals surface area contributed by atoms with Crippen LogP contribution in [0.5, 0.6) is 5.75 Å². The van der Waals surface area contributed by atoms with E-state index in [0.717, 1.165) is 0 Å². The van der Waals surface area contributed by atoms with Gasteiger partial charge in [0.1, 0.15) is 12.6 Å². The molecular weight excluding hydrogens is 228 g/mol. The predicted octanol–water partition coefficient (Wildman–Crippen LogP) is 0.646. The molecule has 17 heavy (non-hydrogen) atoms. The van der Waals surface area contributed by atoms with E-state index in [-0.39, 0.29) is 18.0 Å². The lowest BCUT2D eigenvalue weighted by atomic mass is 10.3. The Labute approximate surface area is 97.2 Å². The molecule has 0 aliphatic carbocycles. The number of nitrogens with zero attached hydrogens (tertiary/aromatic N) is 1.